The van der Waals surface area contributed by atoms with E-state index in [4.69, 9.17) is 5.26 Å². The maximum Gasteiger partial charge on any atom is 0.416 e. The van der Waals surface area contributed by atoms with Crippen LogP contribution in [-0.4, -0.2) is 21.4 Å². The van der Waals surface area contributed by atoms with Crippen molar-refractivity contribution in [2.45, 2.75) is 32.2 Å². The van der Waals surface area contributed by atoms with Crippen molar-refractivity contribution in [2.24, 2.45) is 0 Å². The van der Waals surface area contributed by atoms with E-state index in [0.717, 1.165) is 24.2 Å². The first-order valence-corrected chi connectivity index (χ1v) is 10.1. The van der Waals surface area contributed by atoms with Crippen molar-refractivity contribution < 1.29 is 13.2 Å². The first-order chi connectivity index (χ1) is 15.3. The molecule has 2 aromatic carbocycles. The minimum absolute atomic E-state index is 0.236. The van der Waals surface area contributed by atoms with Crippen molar-refractivity contribution >= 4 is 5.95 Å². The number of alkyl halides is 3. The van der Waals surface area contributed by atoms with E-state index in [1.54, 1.807) is 6.07 Å². The van der Waals surface area contributed by atoms with Crippen LogP contribution >= 0.6 is 0 Å². The molecule has 1 aliphatic rings. The number of fused-ring (bicyclic) bond motifs is 1. The zero-order valence-electron chi connectivity index (χ0n) is 17.0. The Kier molecular flexibility index (Phi) is 5.97. The molecule has 1 aliphatic heterocycles. The minimum Gasteiger partial charge on any atom is -0.352 e. The predicted octanol–water partition coefficient (Wildman–Crippen LogP) is 3.83. The fourth-order valence-electron chi connectivity index (χ4n) is 3.69. The number of hydrogen-bond acceptors (Lipinski definition) is 5. The van der Waals surface area contributed by atoms with Crippen LogP contribution in [0.15, 0.2) is 53.3 Å². The quantitative estimate of drug-likeness (QED) is 0.631. The number of nitriles is 1. The van der Waals surface area contributed by atoms with Gasteiger partial charge in [-0.2, -0.15) is 18.4 Å². The van der Waals surface area contributed by atoms with Crippen molar-refractivity contribution in [3.8, 4) is 6.07 Å². The highest BCUT2D eigenvalue weighted by Crippen LogP contribution is 2.29. The Morgan fingerprint density at radius 1 is 1.16 bits per heavy atom. The van der Waals surface area contributed by atoms with Crippen LogP contribution in [0.2, 0.25) is 0 Å². The van der Waals surface area contributed by atoms with Crippen molar-refractivity contribution in [2.75, 3.05) is 11.9 Å². The van der Waals surface area contributed by atoms with Crippen LogP contribution in [0.4, 0.5) is 19.1 Å². The molecule has 0 spiro atoms. The molecular formula is C23H20F3N5O. The highest BCUT2D eigenvalue weighted by atomic mass is 19.4. The zero-order chi connectivity index (χ0) is 22.7. The van der Waals surface area contributed by atoms with Gasteiger partial charge in [-0.3, -0.25) is 14.7 Å². The van der Waals surface area contributed by atoms with Crippen LogP contribution in [0.3, 0.4) is 0 Å². The summed E-state index contributed by atoms with van der Waals surface area (Å²) >= 11 is 0. The molecule has 9 heteroatoms. The molecule has 4 rings (SSSR count). The van der Waals surface area contributed by atoms with E-state index in [1.165, 1.54) is 12.1 Å². The minimum atomic E-state index is -4.37. The number of aromatic nitrogens is 2. The van der Waals surface area contributed by atoms with Gasteiger partial charge < -0.3 is 5.32 Å². The van der Waals surface area contributed by atoms with Gasteiger partial charge in [-0.1, -0.05) is 24.3 Å². The summed E-state index contributed by atoms with van der Waals surface area (Å²) in [6.07, 6.45) is -3.77. The van der Waals surface area contributed by atoms with E-state index in [2.05, 4.69) is 26.3 Å². The summed E-state index contributed by atoms with van der Waals surface area (Å²) < 4.78 is 38.0. The van der Waals surface area contributed by atoms with Gasteiger partial charge in [-0.25, -0.2) is 4.98 Å². The van der Waals surface area contributed by atoms with Crippen molar-refractivity contribution in [3.05, 3.63) is 92.4 Å². The summed E-state index contributed by atoms with van der Waals surface area (Å²) in [4.78, 5) is 22.0. The highest BCUT2D eigenvalue weighted by molar-refractivity contribution is 5.35. The highest BCUT2D eigenvalue weighted by Gasteiger charge is 2.29. The van der Waals surface area contributed by atoms with E-state index < -0.39 is 11.7 Å². The SMILES string of the molecule is N#Cc1cccc(CN2CCc3nc(NCc4ccc(C(F)(F)F)cc4)[nH]c(=O)c3C2)c1. The largest absolute Gasteiger partial charge is 0.416 e. The first kappa shape index (κ1) is 21.6. The Bertz CT molecular complexity index is 1210. The molecule has 32 heavy (non-hydrogen) atoms. The van der Waals surface area contributed by atoms with Crippen molar-refractivity contribution in [1.82, 2.24) is 14.9 Å². The fraction of sp³-hybridized carbons (Fsp3) is 0.261. The molecule has 6 nitrogen and oxygen atoms in total. The van der Waals surface area contributed by atoms with E-state index in [9.17, 15) is 18.0 Å². The van der Waals surface area contributed by atoms with Crippen molar-refractivity contribution in [3.63, 3.8) is 0 Å². The summed E-state index contributed by atoms with van der Waals surface area (Å²) in [5.41, 5.74) is 2.63. The van der Waals surface area contributed by atoms with Crippen molar-refractivity contribution in [1.29, 1.82) is 5.26 Å². The molecule has 3 aromatic rings. The second-order valence-electron chi connectivity index (χ2n) is 7.66. The van der Waals surface area contributed by atoms with Crippen LogP contribution in [0, 0.1) is 11.3 Å². The van der Waals surface area contributed by atoms with Gasteiger partial charge in [0, 0.05) is 32.6 Å². The second kappa shape index (κ2) is 8.85. The molecule has 164 valence electrons. The Morgan fingerprint density at radius 2 is 1.94 bits per heavy atom. The smallest absolute Gasteiger partial charge is 0.352 e. The fourth-order valence-corrected chi connectivity index (χ4v) is 3.69. The van der Waals surface area contributed by atoms with E-state index in [-0.39, 0.29) is 12.1 Å². The molecule has 0 saturated carbocycles. The van der Waals surface area contributed by atoms with E-state index in [1.807, 2.05) is 18.2 Å². The summed E-state index contributed by atoms with van der Waals surface area (Å²) in [5.74, 6) is 0.295. The molecule has 2 heterocycles. The van der Waals surface area contributed by atoms with Crippen LogP contribution in [0.1, 0.15) is 33.5 Å². The molecule has 0 saturated heterocycles. The molecule has 2 N–H and O–H groups in total. The summed E-state index contributed by atoms with van der Waals surface area (Å²) in [5, 5.41) is 12.0. The average molecular weight is 439 g/mol. The molecular weight excluding hydrogens is 419 g/mol. The number of benzene rings is 2. The summed E-state index contributed by atoms with van der Waals surface area (Å²) in [6.45, 7) is 2.04. The Labute approximate surface area is 182 Å². The summed E-state index contributed by atoms with van der Waals surface area (Å²) in [7, 11) is 0. The standard InChI is InChI=1S/C23H20F3N5O/c24-23(25,26)18-6-4-15(5-7-18)12-28-22-29-20-8-9-31(14-19(20)21(32)30-22)13-17-3-1-2-16(10-17)11-27/h1-7,10H,8-9,12-14H2,(H2,28,29,30,32). The maximum atomic E-state index is 12.7. The van der Waals surface area contributed by atoms with Crippen LogP contribution in [0.5, 0.6) is 0 Å². The Morgan fingerprint density at radius 3 is 2.66 bits per heavy atom. The third-order valence-corrected chi connectivity index (χ3v) is 5.35. The molecule has 0 amide bonds. The molecule has 0 fully saturated rings. The number of rotatable bonds is 5. The number of anilines is 1. The normalized spacial score (nSPS) is 13.9. The van der Waals surface area contributed by atoms with E-state index in [0.29, 0.717) is 47.8 Å². The monoisotopic (exact) mass is 439 g/mol. The molecule has 1 aromatic heterocycles. The van der Waals surface area contributed by atoms with Gasteiger partial charge in [-0.15, -0.1) is 0 Å². The lowest BCUT2D eigenvalue weighted by molar-refractivity contribution is -0.137. The van der Waals surface area contributed by atoms with Crippen LogP contribution < -0.4 is 10.9 Å². The van der Waals surface area contributed by atoms with Gasteiger partial charge in [0.05, 0.1) is 28.5 Å². The third kappa shape index (κ3) is 4.98. The van der Waals surface area contributed by atoms with Gasteiger partial charge in [-0.05, 0) is 35.4 Å². The number of aromatic amines is 1. The summed E-state index contributed by atoms with van der Waals surface area (Å²) in [6, 6.07) is 14.4. The second-order valence-corrected chi connectivity index (χ2v) is 7.66. The Hall–Kier alpha value is -3.64. The molecule has 0 aliphatic carbocycles. The van der Waals surface area contributed by atoms with Crippen LogP contribution in [-0.2, 0) is 32.2 Å². The van der Waals surface area contributed by atoms with Gasteiger partial charge in [0.15, 0.2) is 0 Å². The number of hydrogen-bond donors (Lipinski definition) is 2. The number of nitrogens with one attached hydrogen (secondary N) is 2. The maximum absolute atomic E-state index is 12.7. The van der Waals surface area contributed by atoms with Gasteiger partial charge in [0.25, 0.3) is 5.56 Å². The molecule has 0 unspecified atom stereocenters. The molecule has 0 atom stereocenters. The van der Waals surface area contributed by atoms with Gasteiger partial charge >= 0.3 is 6.18 Å². The third-order valence-electron chi connectivity index (χ3n) is 5.35. The average Bonchev–Trinajstić information content (AvgIpc) is 2.78. The van der Waals surface area contributed by atoms with Gasteiger partial charge in [0.1, 0.15) is 0 Å². The van der Waals surface area contributed by atoms with Gasteiger partial charge in [0.2, 0.25) is 5.95 Å². The number of halogens is 3. The van der Waals surface area contributed by atoms with Crippen LogP contribution in [0.25, 0.3) is 0 Å². The topological polar surface area (TPSA) is 84.8 Å². The van der Waals surface area contributed by atoms with E-state index >= 15 is 0 Å². The Balaban J connectivity index is 1.41. The number of H-pyrrole nitrogens is 1. The molecule has 0 radical (unpaired) electrons. The molecule has 0 bridgehead atoms. The lowest BCUT2D eigenvalue weighted by Crippen LogP contribution is -2.35. The lowest BCUT2D eigenvalue weighted by Gasteiger charge is -2.27. The predicted molar refractivity (Wildman–Crippen MR) is 113 cm³/mol. The lowest BCUT2D eigenvalue weighted by atomic mass is 10.1. The zero-order valence-corrected chi connectivity index (χ0v) is 17.0. The number of nitrogens with zero attached hydrogens (tertiary/aromatic N) is 3. The first-order valence-electron chi connectivity index (χ1n) is 10.1.